The Bertz CT molecular complexity index is 1290. The second-order valence-corrected chi connectivity index (χ2v) is 24.9. The molecule has 0 aromatic carbocycles. The van der Waals surface area contributed by atoms with E-state index in [9.17, 15) is 14.4 Å². The predicted molar refractivity (Wildman–Crippen MR) is 349 cm³/mol. The van der Waals surface area contributed by atoms with Gasteiger partial charge in [-0.2, -0.15) is 0 Å². The van der Waals surface area contributed by atoms with Crippen molar-refractivity contribution in [2.75, 3.05) is 13.2 Å². The van der Waals surface area contributed by atoms with Crippen LogP contribution >= 0.6 is 0 Å². The van der Waals surface area contributed by atoms with Crippen LogP contribution in [0.4, 0.5) is 0 Å². The number of carbonyl (C=O) groups excluding carboxylic acids is 3. The Morgan fingerprint density at radius 3 is 0.688 bits per heavy atom. The third-order valence-electron chi connectivity index (χ3n) is 16.7. The van der Waals surface area contributed by atoms with Crippen molar-refractivity contribution in [3.8, 4) is 0 Å². The first-order chi connectivity index (χ1) is 39.5. The van der Waals surface area contributed by atoms with Crippen LogP contribution in [-0.4, -0.2) is 37.2 Å². The lowest BCUT2D eigenvalue weighted by atomic mass is 10.0. The summed E-state index contributed by atoms with van der Waals surface area (Å²) in [5.74, 6) is -0.843. The molecule has 0 fully saturated rings. The largest absolute Gasteiger partial charge is 0.462 e. The van der Waals surface area contributed by atoms with Gasteiger partial charge in [0.25, 0.3) is 0 Å². The van der Waals surface area contributed by atoms with Gasteiger partial charge in [0.1, 0.15) is 13.2 Å². The summed E-state index contributed by atoms with van der Waals surface area (Å²) in [6, 6.07) is 0. The number of allylic oxidation sites excluding steroid dienone is 4. The molecule has 0 aliphatic heterocycles. The number of ether oxygens (including phenoxy) is 3. The molecule has 0 aliphatic rings. The molecule has 80 heavy (non-hydrogen) atoms. The fourth-order valence-electron chi connectivity index (χ4n) is 11.2. The molecule has 0 saturated carbocycles. The predicted octanol–water partition coefficient (Wildman–Crippen LogP) is 25.0. The van der Waals surface area contributed by atoms with Crippen LogP contribution < -0.4 is 0 Å². The highest BCUT2D eigenvalue weighted by atomic mass is 16.6. The van der Waals surface area contributed by atoms with Gasteiger partial charge < -0.3 is 14.2 Å². The van der Waals surface area contributed by atoms with E-state index in [0.29, 0.717) is 19.3 Å². The topological polar surface area (TPSA) is 78.9 Å². The molecule has 0 rings (SSSR count). The summed E-state index contributed by atoms with van der Waals surface area (Å²) in [6.45, 7) is 6.65. The van der Waals surface area contributed by atoms with Crippen LogP contribution in [0.1, 0.15) is 412 Å². The minimum atomic E-state index is -0.763. The molecule has 0 amide bonds. The van der Waals surface area contributed by atoms with Gasteiger partial charge in [0.2, 0.25) is 0 Å². The Morgan fingerprint density at radius 2 is 0.450 bits per heavy atom. The Morgan fingerprint density at radius 1 is 0.250 bits per heavy atom. The molecule has 1 atom stereocenters. The molecule has 0 aliphatic carbocycles. The standard InChI is InChI=1S/C74H140O6/c1-4-7-10-13-16-18-20-22-24-26-28-30-31-32-33-34-35-36-37-38-39-40-41-42-43-45-46-48-50-52-54-56-58-61-64-67-73(76)79-70-71(69-78-72(75)66-63-60-15-12-9-6-3)80-74(77)68-65-62-59-57-55-53-51-49-47-44-29-27-25-23-21-19-17-14-11-8-5-2/h20,22,26,28,71H,4-19,21,23-25,27,29-70H2,1-3H3/b22-20-,28-26-. The summed E-state index contributed by atoms with van der Waals surface area (Å²) >= 11 is 0. The van der Waals surface area contributed by atoms with Crippen molar-refractivity contribution in [1.82, 2.24) is 0 Å². The summed E-state index contributed by atoms with van der Waals surface area (Å²) in [5, 5.41) is 0. The Balaban J connectivity index is 3.89. The van der Waals surface area contributed by atoms with Gasteiger partial charge in [-0.05, 0) is 51.4 Å². The van der Waals surface area contributed by atoms with Crippen molar-refractivity contribution in [1.29, 1.82) is 0 Å². The second-order valence-electron chi connectivity index (χ2n) is 24.9. The van der Waals surface area contributed by atoms with Crippen LogP contribution in [0.2, 0.25) is 0 Å². The van der Waals surface area contributed by atoms with Gasteiger partial charge in [-0.15, -0.1) is 0 Å². The maximum atomic E-state index is 12.9. The third kappa shape index (κ3) is 66.7. The molecular weight excluding hydrogens is 985 g/mol. The van der Waals surface area contributed by atoms with E-state index >= 15 is 0 Å². The molecule has 0 aromatic rings. The van der Waals surface area contributed by atoms with Crippen LogP contribution in [0.5, 0.6) is 0 Å². The van der Waals surface area contributed by atoms with E-state index in [1.807, 2.05) is 0 Å². The number of hydrogen-bond donors (Lipinski definition) is 0. The number of esters is 3. The lowest BCUT2D eigenvalue weighted by Gasteiger charge is -2.18. The monoisotopic (exact) mass is 1130 g/mol. The van der Waals surface area contributed by atoms with Gasteiger partial charge in [-0.25, -0.2) is 0 Å². The lowest BCUT2D eigenvalue weighted by molar-refractivity contribution is -0.167. The highest BCUT2D eigenvalue weighted by Crippen LogP contribution is 2.19. The molecule has 1 unspecified atom stereocenters. The molecule has 0 bridgehead atoms. The van der Waals surface area contributed by atoms with E-state index in [1.54, 1.807) is 0 Å². The van der Waals surface area contributed by atoms with Crippen molar-refractivity contribution in [2.24, 2.45) is 0 Å². The van der Waals surface area contributed by atoms with E-state index in [2.05, 4.69) is 45.1 Å². The fraction of sp³-hybridized carbons (Fsp3) is 0.905. The molecule has 6 nitrogen and oxygen atoms in total. The van der Waals surface area contributed by atoms with Gasteiger partial charge in [0, 0.05) is 19.3 Å². The molecule has 0 radical (unpaired) electrons. The Labute approximate surface area is 500 Å². The van der Waals surface area contributed by atoms with E-state index in [1.165, 1.54) is 308 Å². The third-order valence-corrected chi connectivity index (χ3v) is 16.7. The molecule has 0 N–H and O–H groups in total. The lowest BCUT2D eigenvalue weighted by Crippen LogP contribution is -2.30. The van der Waals surface area contributed by atoms with Gasteiger partial charge in [0.05, 0.1) is 0 Å². The maximum Gasteiger partial charge on any atom is 0.306 e. The second kappa shape index (κ2) is 69.4. The summed E-state index contributed by atoms with van der Waals surface area (Å²) < 4.78 is 16.9. The molecule has 0 heterocycles. The summed E-state index contributed by atoms with van der Waals surface area (Å²) in [6.07, 6.45) is 85.6. The summed E-state index contributed by atoms with van der Waals surface area (Å²) in [7, 11) is 0. The number of rotatable bonds is 68. The van der Waals surface area contributed by atoms with E-state index in [-0.39, 0.29) is 31.1 Å². The SMILES string of the molecule is CCCCCCC/C=C\C/C=C\CCCCCCCCCCCCCCCCCCCCCCCCCC(=O)OCC(COC(=O)CCCCCCCC)OC(=O)CCCCCCCCCCCCCCCCCCCCCCC. The summed E-state index contributed by atoms with van der Waals surface area (Å²) in [5.41, 5.74) is 0. The maximum absolute atomic E-state index is 12.9. The molecule has 6 heteroatoms. The van der Waals surface area contributed by atoms with Crippen LogP contribution in [0.3, 0.4) is 0 Å². The highest BCUT2D eigenvalue weighted by Gasteiger charge is 2.19. The van der Waals surface area contributed by atoms with Gasteiger partial charge in [-0.1, -0.05) is 366 Å². The van der Waals surface area contributed by atoms with Gasteiger partial charge in [0.15, 0.2) is 6.10 Å². The number of carbonyl (C=O) groups is 3. The highest BCUT2D eigenvalue weighted by molar-refractivity contribution is 5.71. The van der Waals surface area contributed by atoms with Crippen molar-refractivity contribution >= 4 is 17.9 Å². The zero-order valence-electron chi connectivity index (χ0n) is 54.4. The zero-order valence-corrected chi connectivity index (χ0v) is 54.4. The van der Waals surface area contributed by atoms with Gasteiger partial charge in [-0.3, -0.25) is 14.4 Å². The molecular formula is C74H140O6. The van der Waals surface area contributed by atoms with Crippen molar-refractivity contribution in [3.05, 3.63) is 24.3 Å². The normalized spacial score (nSPS) is 12.1. The molecule has 0 aromatic heterocycles. The van der Waals surface area contributed by atoms with Crippen molar-refractivity contribution < 1.29 is 28.6 Å². The first-order valence-corrected chi connectivity index (χ1v) is 36.3. The summed E-state index contributed by atoms with van der Waals surface area (Å²) in [4.78, 5) is 38.1. The van der Waals surface area contributed by atoms with Crippen LogP contribution in [0.25, 0.3) is 0 Å². The van der Waals surface area contributed by atoms with Crippen LogP contribution in [0, 0.1) is 0 Å². The molecule has 0 spiro atoms. The first-order valence-electron chi connectivity index (χ1n) is 36.3. The Hall–Kier alpha value is -2.11. The smallest absolute Gasteiger partial charge is 0.306 e. The number of hydrogen-bond acceptors (Lipinski definition) is 6. The van der Waals surface area contributed by atoms with Crippen LogP contribution in [0.15, 0.2) is 24.3 Å². The quantitative estimate of drug-likeness (QED) is 0.0261. The fourth-order valence-corrected chi connectivity index (χ4v) is 11.2. The Kier molecular flexibility index (Phi) is 67.6. The molecule has 472 valence electrons. The van der Waals surface area contributed by atoms with E-state index < -0.39 is 6.10 Å². The average Bonchev–Trinajstić information content (AvgIpc) is 3.46. The van der Waals surface area contributed by atoms with E-state index in [4.69, 9.17) is 14.2 Å². The molecule has 0 saturated heterocycles. The van der Waals surface area contributed by atoms with Crippen molar-refractivity contribution in [2.45, 2.75) is 419 Å². The van der Waals surface area contributed by atoms with Crippen molar-refractivity contribution in [3.63, 3.8) is 0 Å². The average molecular weight is 1130 g/mol. The van der Waals surface area contributed by atoms with Crippen LogP contribution in [-0.2, 0) is 28.6 Å². The van der Waals surface area contributed by atoms with Gasteiger partial charge >= 0.3 is 17.9 Å². The minimum absolute atomic E-state index is 0.0637. The first kappa shape index (κ1) is 77.9. The zero-order chi connectivity index (χ0) is 57.8. The van der Waals surface area contributed by atoms with E-state index in [0.717, 1.165) is 64.2 Å². The number of unbranched alkanes of at least 4 members (excludes halogenated alkanes) is 53. The minimum Gasteiger partial charge on any atom is -0.462 e.